The predicted octanol–water partition coefficient (Wildman–Crippen LogP) is 0.580. The van der Waals surface area contributed by atoms with Crippen LogP contribution in [0.1, 0.15) is 16.1 Å². The summed E-state index contributed by atoms with van der Waals surface area (Å²) in [6.07, 6.45) is 2.52. The van der Waals surface area contributed by atoms with Crippen LogP contribution in [0, 0.1) is 6.92 Å². The molecule has 8 nitrogen and oxygen atoms in total. The lowest BCUT2D eigenvalue weighted by molar-refractivity contribution is 0.0948. The molecule has 0 aliphatic rings. The van der Waals surface area contributed by atoms with Crippen LogP contribution >= 0.6 is 0 Å². The third kappa shape index (κ3) is 2.56. The van der Waals surface area contributed by atoms with Gasteiger partial charge in [-0.2, -0.15) is 0 Å². The largest absolute Gasteiger partial charge is 0.289 e. The summed E-state index contributed by atoms with van der Waals surface area (Å²) in [4.78, 5) is 19.7. The molecule has 3 rings (SSSR count). The van der Waals surface area contributed by atoms with E-state index in [1.807, 2.05) is 12.3 Å². The lowest BCUT2D eigenvalue weighted by atomic mass is 10.2. The van der Waals surface area contributed by atoms with Crippen molar-refractivity contribution in [3.05, 3.63) is 54.0 Å². The predicted molar refractivity (Wildman–Crippen MR) is 82.9 cm³/mol. The van der Waals surface area contributed by atoms with Gasteiger partial charge in [-0.05, 0) is 25.1 Å². The summed E-state index contributed by atoms with van der Waals surface area (Å²) in [6.45, 7) is 1.87. The first-order valence-corrected chi connectivity index (χ1v) is 8.05. The zero-order valence-electron chi connectivity index (χ0n) is 12.1. The van der Waals surface area contributed by atoms with Crippen molar-refractivity contribution in [1.82, 2.24) is 19.4 Å². The Kier molecular flexibility index (Phi) is 3.58. The molecule has 0 bridgehead atoms. The standard InChI is InChI=1S/C14H13N5O3S/c1-9-2-4-10(5-3-9)23(21,22)19-7-6-11-13(19)16-8-12(17-11)14(20)18-15/h2-8H,15H2,1H3,(H,18,20). The lowest BCUT2D eigenvalue weighted by Crippen LogP contribution is -2.30. The summed E-state index contributed by atoms with van der Waals surface area (Å²) in [5.74, 6) is 4.44. The van der Waals surface area contributed by atoms with Gasteiger partial charge in [0.1, 0.15) is 11.2 Å². The summed E-state index contributed by atoms with van der Waals surface area (Å²) in [5.41, 5.74) is 3.33. The maximum absolute atomic E-state index is 12.7. The summed E-state index contributed by atoms with van der Waals surface area (Å²) in [7, 11) is -3.79. The van der Waals surface area contributed by atoms with Crippen LogP contribution in [0.15, 0.2) is 47.6 Å². The van der Waals surface area contributed by atoms with Crippen LogP contribution in [0.25, 0.3) is 11.2 Å². The van der Waals surface area contributed by atoms with E-state index in [1.165, 1.54) is 30.6 Å². The van der Waals surface area contributed by atoms with E-state index in [-0.39, 0.29) is 21.8 Å². The number of rotatable bonds is 3. The normalized spacial score (nSPS) is 11.6. The van der Waals surface area contributed by atoms with Gasteiger partial charge in [0.15, 0.2) is 5.65 Å². The number of nitrogens with zero attached hydrogens (tertiary/aromatic N) is 3. The molecular weight excluding hydrogens is 318 g/mol. The Morgan fingerprint density at radius 1 is 1.22 bits per heavy atom. The number of aromatic nitrogens is 3. The molecule has 3 aromatic rings. The molecule has 23 heavy (non-hydrogen) atoms. The quantitative estimate of drug-likeness (QED) is 0.411. The Balaban J connectivity index is 2.13. The smallest absolute Gasteiger partial charge is 0.285 e. The van der Waals surface area contributed by atoms with Crippen LogP contribution in [0.3, 0.4) is 0 Å². The topological polar surface area (TPSA) is 120 Å². The van der Waals surface area contributed by atoms with Crippen molar-refractivity contribution in [2.45, 2.75) is 11.8 Å². The van der Waals surface area contributed by atoms with Gasteiger partial charge in [-0.15, -0.1) is 0 Å². The number of hydrazine groups is 1. The van der Waals surface area contributed by atoms with Gasteiger partial charge in [-0.1, -0.05) is 17.7 Å². The van der Waals surface area contributed by atoms with Crippen molar-refractivity contribution in [3.63, 3.8) is 0 Å². The number of hydrogen-bond donors (Lipinski definition) is 2. The average Bonchev–Trinajstić information content (AvgIpc) is 2.98. The molecule has 9 heteroatoms. The van der Waals surface area contributed by atoms with Crippen LogP contribution in [0.4, 0.5) is 0 Å². The highest BCUT2D eigenvalue weighted by Gasteiger charge is 2.20. The number of fused-ring (bicyclic) bond motifs is 1. The van der Waals surface area contributed by atoms with Crippen LogP contribution in [-0.2, 0) is 10.0 Å². The van der Waals surface area contributed by atoms with Gasteiger partial charge >= 0.3 is 0 Å². The van der Waals surface area contributed by atoms with E-state index < -0.39 is 15.9 Å². The average molecular weight is 331 g/mol. The summed E-state index contributed by atoms with van der Waals surface area (Å²) >= 11 is 0. The van der Waals surface area contributed by atoms with E-state index in [4.69, 9.17) is 5.84 Å². The fraction of sp³-hybridized carbons (Fsp3) is 0.0714. The monoisotopic (exact) mass is 331 g/mol. The van der Waals surface area contributed by atoms with Gasteiger partial charge in [0, 0.05) is 6.20 Å². The van der Waals surface area contributed by atoms with Crippen LogP contribution in [0.2, 0.25) is 0 Å². The number of nitrogens with two attached hydrogens (primary N) is 1. The number of benzene rings is 1. The molecule has 2 heterocycles. The van der Waals surface area contributed by atoms with Gasteiger partial charge in [0.25, 0.3) is 15.9 Å². The van der Waals surface area contributed by atoms with Gasteiger partial charge in [-0.3, -0.25) is 10.2 Å². The van der Waals surface area contributed by atoms with E-state index in [0.29, 0.717) is 0 Å². The third-order valence-electron chi connectivity index (χ3n) is 3.30. The van der Waals surface area contributed by atoms with Gasteiger partial charge in [0.05, 0.1) is 11.1 Å². The second kappa shape index (κ2) is 5.45. The molecule has 0 unspecified atom stereocenters. The Hall–Kier alpha value is -2.78. The van der Waals surface area contributed by atoms with E-state index >= 15 is 0 Å². The van der Waals surface area contributed by atoms with Crippen molar-refractivity contribution in [2.75, 3.05) is 0 Å². The number of amides is 1. The molecular formula is C14H13N5O3S. The van der Waals surface area contributed by atoms with Crippen molar-refractivity contribution in [1.29, 1.82) is 0 Å². The van der Waals surface area contributed by atoms with Crippen LogP contribution in [-0.4, -0.2) is 28.3 Å². The zero-order valence-corrected chi connectivity index (χ0v) is 12.9. The van der Waals surface area contributed by atoms with Gasteiger partial charge in [0.2, 0.25) is 0 Å². The molecule has 1 aromatic carbocycles. The minimum Gasteiger partial charge on any atom is -0.289 e. The van der Waals surface area contributed by atoms with Crippen molar-refractivity contribution in [2.24, 2.45) is 5.84 Å². The zero-order chi connectivity index (χ0) is 16.6. The number of carbonyl (C=O) groups excluding carboxylic acids is 1. The summed E-state index contributed by atoms with van der Waals surface area (Å²) < 4.78 is 26.4. The second-order valence-corrected chi connectivity index (χ2v) is 6.68. The minimum absolute atomic E-state index is 0.00508. The Bertz CT molecular complexity index is 993. The molecule has 0 atom stereocenters. The van der Waals surface area contributed by atoms with Gasteiger partial charge in [-0.25, -0.2) is 28.2 Å². The second-order valence-electron chi connectivity index (χ2n) is 4.87. The van der Waals surface area contributed by atoms with Crippen LogP contribution in [0.5, 0.6) is 0 Å². The van der Waals surface area contributed by atoms with E-state index in [0.717, 1.165) is 9.54 Å². The van der Waals surface area contributed by atoms with E-state index in [9.17, 15) is 13.2 Å². The molecule has 0 aliphatic heterocycles. The molecule has 1 amide bonds. The first kappa shape index (κ1) is 15.1. The molecule has 0 spiro atoms. The Morgan fingerprint density at radius 2 is 1.91 bits per heavy atom. The highest BCUT2D eigenvalue weighted by atomic mass is 32.2. The molecule has 0 fully saturated rings. The fourth-order valence-corrected chi connectivity index (χ4v) is 3.39. The SMILES string of the molecule is Cc1ccc(S(=O)(=O)n2ccc3nc(C(=O)NN)cnc32)cc1. The lowest BCUT2D eigenvalue weighted by Gasteiger charge is -2.07. The van der Waals surface area contributed by atoms with Gasteiger partial charge < -0.3 is 0 Å². The Morgan fingerprint density at radius 3 is 2.57 bits per heavy atom. The minimum atomic E-state index is -3.79. The maximum atomic E-state index is 12.7. The van der Waals surface area contributed by atoms with Crippen LogP contribution < -0.4 is 11.3 Å². The number of aryl methyl sites for hydroxylation is 1. The molecule has 0 saturated carbocycles. The molecule has 0 aliphatic carbocycles. The number of carbonyl (C=O) groups is 1. The first-order chi connectivity index (χ1) is 10.9. The number of hydrogen-bond acceptors (Lipinski definition) is 6. The molecule has 0 radical (unpaired) electrons. The summed E-state index contributed by atoms with van der Waals surface area (Å²) in [6, 6.07) is 7.96. The first-order valence-electron chi connectivity index (χ1n) is 6.61. The van der Waals surface area contributed by atoms with E-state index in [2.05, 4.69) is 9.97 Å². The molecule has 0 saturated heterocycles. The molecule has 2 aromatic heterocycles. The van der Waals surface area contributed by atoms with E-state index in [1.54, 1.807) is 12.1 Å². The van der Waals surface area contributed by atoms with Crippen molar-refractivity contribution >= 4 is 27.1 Å². The maximum Gasteiger partial charge on any atom is 0.285 e. The van der Waals surface area contributed by atoms with Crippen molar-refractivity contribution < 1.29 is 13.2 Å². The third-order valence-corrected chi connectivity index (χ3v) is 4.98. The van der Waals surface area contributed by atoms with Crippen molar-refractivity contribution in [3.8, 4) is 0 Å². The molecule has 118 valence electrons. The molecule has 3 N–H and O–H groups in total. The fourth-order valence-electron chi connectivity index (χ4n) is 2.09. The Labute approximate surface area is 132 Å². The highest BCUT2D eigenvalue weighted by molar-refractivity contribution is 7.90. The number of nitrogen functional groups attached to an aromatic ring is 1. The highest BCUT2D eigenvalue weighted by Crippen LogP contribution is 2.20. The summed E-state index contributed by atoms with van der Waals surface area (Å²) in [5, 5.41) is 0. The number of nitrogens with one attached hydrogen (secondary N) is 1.